The SMILES string of the molecule is Cc1cc(C)cc(-n2c(=O)c3ccccc3n3c(SCC(=O)N[C@H](C)c4ccccc4C)nnc23)c1. The molecule has 0 radical (unpaired) electrons. The molecule has 182 valence electrons. The van der Waals surface area contributed by atoms with Crippen molar-refractivity contribution in [2.75, 3.05) is 5.75 Å². The van der Waals surface area contributed by atoms with E-state index >= 15 is 0 Å². The number of benzene rings is 3. The Morgan fingerprint density at radius 2 is 1.67 bits per heavy atom. The molecule has 0 aliphatic rings. The number of nitrogens with one attached hydrogen (secondary N) is 1. The summed E-state index contributed by atoms with van der Waals surface area (Å²) in [6.07, 6.45) is 0. The molecule has 5 rings (SSSR count). The van der Waals surface area contributed by atoms with Crippen LogP contribution in [0.15, 0.2) is 76.7 Å². The van der Waals surface area contributed by atoms with E-state index in [9.17, 15) is 9.59 Å². The monoisotopic (exact) mass is 497 g/mol. The second-order valence-electron chi connectivity index (χ2n) is 9.06. The summed E-state index contributed by atoms with van der Waals surface area (Å²) in [5, 5.41) is 12.9. The van der Waals surface area contributed by atoms with Gasteiger partial charge in [0, 0.05) is 0 Å². The summed E-state index contributed by atoms with van der Waals surface area (Å²) in [7, 11) is 0. The maximum Gasteiger partial charge on any atom is 0.267 e. The molecule has 7 nitrogen and oxygen atoms in total. The van der Waals surface area contributed by atoms with E-state index in [-0.39, 0.29) is 23.3 Å². The Kier molecular flexibility index (Phi) is 6.36. The number of carbonyl (C=O) groups excluding carboxylic acids is 1. The first-order valence-corrected chi connectivity index (χ1v) is 12.8. The van der Waals surface area contributed by atoms with Gasteiger partial charge in [0.15, 0.2) is 5.16 Å². The van der Waals surface area contributed by atoms with E-state index in [0.717, 1.165) is 27.9 Å². The molecule has 0 aliphatic carbocycles. The van der Waals surface area contributed by atoms with E-state index in [1.165, 1.54) is 11.8 Å². The van der Waals surface area contributed by atoms with E-state index in [1.54, 1.807) is 10.6 Å². The molecule has 0 aliphatic heterocycles. The first-order chi connectivity index (χ1) is 17.3. The maximum atomic E-state index is 13.5. The van der Waals surface area contributed by atoms with Gasteiger partial charge in [-0.2, -0.15) is 0 Å². The summed E-state index contributed by atoms with van der Waals surface area (Å²) >= 11 is 1.30. The molecule has 0 unspecified atom stereocenters. The Balaban J connectivity index is 1.51. The van der Waals surface area contributed by atoms with Crippen molar-refractivity contribution in [3.05, 3.63) is 99.3 Å². The van der Waals surface area contributed by atoms with E-state index in [4.69, 9.17) is 0 Å². The van der Waals surface area contributed by atoms with Crippen molar-refractivity contribution < 1.29 is 4.79 Å². The molecule has 5 aromatic rings. The molecule has 0 spiro atoms. The lowest BCUT2D eigenvalue weighted by molar-refractivity contribution is -0.119. The summed E-state index contributed by atoms with van der Waals surface area (Å²) in [6, 6.07) is 21.3. The van der Waals surface area contributed by atoms with E-state index < -0.39 is 0 Å². The number of carbonyl (C=O) groups is 1. The second-order valence-corrected chi connectivity index (χ2v) is 10.00. The number of hydrogen-bond acceptors (Lipinski definition) is 5. The summed E-state index contributed by atoms with van der Waals surface area (Å²) < 4.78 is 3.46. The molecule has 2 heterocycles. The largest absolute Gasteiger partial charge is 0.349 e. The lowest BCUT2D eigenvalue weighted by Gasteiger charge is -2.16. The molecule has 2 aromatic heterocycles. The van der Waals surface area contributed by atoms with Gasteiger partial charge in [-0.25, -0.2) is 4.57 Å². The van der Waals surface area contributed by atoms with E-state index in [0.29, 0.717) is 21.8 Å². The summed E-state index contributed by atoms with van der Waals surface area (Å²) in [4.78, 5) is 26.3. The summed E-state index contributed by atoms with van der Waals surface area (Å²) in [6.45, 7) is 8.02. The van der Waals surface area contributed by atoms with Crippen molar-refractivity contribution in [3.8, 4) is 5.69 Å². The summed E-state index contributed by atoms with van der Waals surface area (Å²) in [5.74, 6) is 0.493. The number of nitrogens with zero attached hydrogens (tertiary/aromatic N) is 4. The van der Waals surface area contributed by atoms with Gasteiger partial charge in [-0.3, -0.25) is 14.0 Å². The Morgan fingerprint density at radius 1 is 0.972 bits per heavy atom. The van der Waals surface area contributed by atoms with Crippen LogP contribution in [0.25, 0.3) is 22.4 Å². The van der Waals surface area contributed by atoms with Crippen molar-refractivity contribution in [2.24, 2.45) is 0 Å². The minimum Gasteiger partial charge on any atom is -0.349 e. The Labute approximate surface area is 213 Å². The molecular formula is C28H27N5O2S. The molecule has 1 atom stereocenters. The standard InChI is InChI=1S/C28H27N5O2S/c1-17-13-18(2)15-21(14-17)32-26(35)23-11-7-8-12-24(23)33-27(32)30-31-28(33)36-16-25(34)29-20(4)22-10-6-5-9-19(22)3/h5-15,20H,16H2,1-4H3,(H,29,34)/t20-/m1/s1. The smallest absolute Gasteiger partial charge is 0.267 e. The molecule has 3 aromatic carbocycles. The van der Waals surface area contributed by atoms with Gasteiger partial charge in [0.2, 0.25) is 11.7 Å². The third-order valence-corrected chi connectivity index (χ3v) is 7.15. The minimum absolute atomic E-state index is 0.0977. The lowest BCUT2D eigenvalue weighted by Crippen LogP contribution is -2.28. The van der Waals surface area contributed by atoms with Crippen molar-refractivity contribution >= 4 is 34.3 Å². The zero-order chi connectivity index (χ0) is 25.4. The second kappa shape index (κ2) is 9.62. The van der Waals surface area contributed by atoms with Gasteiger partial charge in [0.05, 0.1) is 28.4 Å². The number of hydrogen-bond donors (Lipinski definition) is 1. The average Bonchev–Trinajstić information content (AvgIpc) is 3.26. The van der Waals surface area contributed by atoms with Gasteiger partial charge in [0.25, 0.3) is 5.56 Å². The van der Waals surface area contributed by atoms with Crippen molar-refractivity contribution in [1.29, 1.82) is 0 Å². The molecule has 1 N–H and O–H groups in total. The first kappa shape index (κ1) is 23.8. The zero-order valence-corrected chi connectivity index (χ0v) is 21.5. The van der Waals surface area contributed by atoms with E-state index in [2.05, 4.69) is 21.6 Å². The highest BCUT2D eigenvalue weighted by atomic mass is 32.2. The van der Waals surface area contributed by atoms with Gasteiger partial charge >= 0.3 is 0 Å². The third kappa shape index (κ3) is 4.40. The number of para-hydroxylation sites is 1. The fourth-order valence-electron chi connectivity index (χ4n) is 4.65. The van der Waals surface area contributed by atoms with E-state index in [1.807, 2.05) is 86.7 Å². The molecule has 36 heavy (non-hydrogen) atoms. The highest BCUT2D eigenvalue weighted by Gasteiger charge is 2.19. The van der Waals surface area contributed by atoms with Crippen LogP contribution in [0.5, 0.6) is 0 Å². The maximum absolute atomic E-state index is 13.5. The Bertz CT molecular complexity index is 1650. The topological polar surface area (TPSA) is 81.3 Å². The summed E-state index contributed by atoms with van der Waals surface area (Å²) in [5.41, 5.74) is 5.62. The average molecular weight is 498 g/mol. The van der Waals surface area contributed by atoms with Crippen LogP contribution in [0.1, 0.15) is 35.2 Å². The molecule has 1 amide bonds. The van der Waals surface area contributed by atoms with Gasteiger partial charge in [0.1, 0.15) is 0 Å². The first-order valence-electron chi connectivity index (χ1n) is 11.8. The van der Waals surface area contributed by atoms with Crippen LogP contribution in [0.4, 0.5) is 0 Å². The van der Waals surface area contributed by atoms with Gasteiger partial charge in [-0.1, -0.05) is 54.2 Å². The molecule has 0 saturated heterocycles. The molecular weight excluding hydrogens is 470 g/mol. The number of aryl methyl sites for hydroxylation is 3. The number of amides is 1. The van der Waals surface area contributed by atoms with Crippen LogP contribution in [0.3, 0.4) is 0 Å². The van der Waals surface area contributed by atoms with Gasteiger partial charge in [-0.15, -0.1) is 10.2 Å². The van der Waals surface area contributed by atoms with Gasteiger partial charge < -0.3 is 5.32 Å². The predicted molar refractivity (Wildman–Crippen MR) is 144 cm³/mol. The molecule has 8 heteroatoms. The zero-order valence-electron chi connectivity index (χ0n) is 20.6. The van der Waals surface area contributed by atoms with Crippen LogP contribution >= 0.6 is 11.8 Å². The fourth-order valence-corrected chi connectivity index (χ4v) is 5.40. The van der Waals surface area contributed by atoms with Gasteiger partial charge in [-0.05, 0) is 74.2 Å². The van der Waals surface area contributed by atoms with Crippen LogP contribution in [-0.4, -0.2) is 30.8 Å². The third-order valence-electron chi connectivity index (χ3n) is 6.22. The van der Waals surface area contributed by atoms with Crippen LogP contribution in [0, 0.1) is 20.8 Å². The number of thioether (sulfide) groups is 1. The van der Waals surface area contributed by atoms with Crippen molar-refractivity contribution in [3.63, 3.8) is 0 Å². The Hall–Kier alpha value is -3.91. The van der Waals surface area contributed by atoms with Crippen LogP contribution < -0.4 is 10.9 Å². The normalized spacial score (nSPS) is 12.2. The number of rotatable bonds is 6. The number of fused-ring (bicyclic) bond motifs is 3. The van der Waals surface area contributed by atoms with Crippen LogP contribution in [-0.2, 0) is 4.79 Å². The lowest BCUT2D eigenvalue weighted by atomic mass is 10.0. The van der Waals surface area contributed by atoms with Crippen LogP contribution in [0.2, 0.25) is 0 Å². The minimum atomic E-state index is -0.156. The Morgan fingerprint density at radius 3 is 2.42 bits per heavy atom. The number of aromatic nitrogens is 4. The van der Waals surface area contributed by atoms with Crippen molar-refractivity contribution in [1.82, 2.24) is 24.5 Å². The highest BCUT2D eigenvalue weighted by molar-refractivity contribution is 7.99. The molecule has 0 fully saturated rings. The molecule has 0 saturated carbocycles. The quantitative estimate of drug-likeness (QED) is 0.337. The highest BCUT2D eigenvalue weighted by Crippen LogP contribution is 2.24. The predicted octanol–water partition coefficient (Wildman–Crippen LogP) is 4.93. The molecule has 0 bridgehead atoms. The fraction of sp³-hybridized carbons (Fsp3) is 0.214. The van der Waals surface area contributed by atoms with Crippen molar-refractivity contribution in [2.45, 2.75) is 38.9 Å².